The number of anilines is 1. The molecular weight excluding hydrogens is 283 g/mol. The molecule has 1 aromatic rings. The van der Waals surface area contributed by atoms with Gasteiger partial charge < -0.3 is 10.6 Å². The molecule has 0 saturated carbocycles. The van der Waals surface area contributed by atoms with E-state index in [0.29, 0.717) is 10.9 Å². The lowest BCUT2D eigenvalue weighted by molar-refractivity contribution is -0.115. The summed E-state index contributed by atoms with van der Waals surface area (Å²) in [4.78, 5) is 11.7. The van der Waals surface area contributed by atoms with Crippen LogP contribution in [0.15, 0.2) is 24.3 Å². The van der Waals surface area contributed by atoms with Crippen molar-refractivity contribution in [2.24, 2.45) is 0 Å². The Labute approximate surface area is 121 Å². The van der Waals surface area contributed by atoms with Crippen molar-refractivity contribution < 1.29 is 9.18 Å². The predicted molar refractivity (Wildman–Crippen MR) is 81.5 cm³/mol. The van der Waals surface area contributed by atoms with E-state index in [-0.39, 0.29) is 18.3 Å². The molecule has 0 aromatic heterocycles. The Morgan fingerprint density at radius 2 is 2.32 bits per heavy atom. The summed E-state index contributed by atoms with van der Waals surface area (Å²) >= 11 is 3.92. The molecule has 1 unspecified atom stereocenters. The van der Waals surface area contributed by atoms with Crippen LogP contribution in [-0.2, 0) is 4.79 Å². The lowest BCUT2D eigenvalue weighted by Gasteiger charge is -2.21. The van der Waals surface area contributed by atoms with Crippen molar-refractivity contribution >= 4 is 35.1 Å². The fraction of sp³-hybridized carbons (Fsp3) is 0.462. The van der Waals surface area contributed by atoms with E-state index >= 15 is 0 Å². The van der Waals surface area contributed by atoms with Crippen molar-refractivity contribution in [3.8, 4) is 0 Å². The van der Waals surface area contributed by atoms with E-state index in [4.69, 9.17) is 0 Å². The summed E-state index contributed by atoms with van der Waals surface area (Å²) in [5.74, 6) is 3.07. The van der Waals surface area contributed by atoms with Gasteiger partial charge in [0, 0.05) is 34.7 Å². The van der Waals surface area contributed by atoms with Crippen molar-refractivity contribution in [2.75, 3.05) is 35.7 Å². The van der Waals surface area contributed by atoms with Crippen LogP contribution in [0.25, 0.3) is 0 Å². The Balaban J connectivity index is 1.67. The SMILES string of the molecule is O=C(CNCC1CSCCS1)Nc1cccc(F)c1. The molecule has 0 radical (unpaired) electrons. The van der Waals surface area contributed by atoms with Gasteiger partial charge in [-0.1, -0.05) is 6.07 Å². The molecule has 2 N–H and O–H groups in total. The van der Waals surface area contributed by atoms with Crippen molar-refractivity contribution in [3.63, 3.8) is 0 Å². The number of carbonyl (C=O) groups excluding carboxylic acids is 1. The van der Waals surface area contributed by atoms with Gasteiger partial charge in [-0.15, -0.1) is 0 Å². The maximum Gasteiger partial charge on any atom is 0.238 e. The van der Waals surface area contributed by atoms with Crippen LogP contribution in [0, 0.1) is 5.82 Å². The second kappa shape index (κ2) is 7.77. The van der Waals surface area contributed by atoms with Crippen LogP contribution < -0.4 is 10.6 Å². The normalized spacial score (nSPS) is 19.1. The molecule has 2 rings (SSSR count). The number of rotatable bonds is 5. The number of thioether (sulfide) groups is 2. The minimum atomic E-state index is -0.346. The van der Waals surface area contributed by atoms with Crippen LogP contribution >= 0.6 is 23.5 Å². The van der Waals surface area contributed by atoms with Gasteiger partial charge in [0.2, 0.25) is 5.91 Å². The van der Waals surface area contributed by atoms with Crippen LogP contribution in [0.5, 0.6) is 0 Å². The molecular formula is C13H17FN2OS2. The topological polar surface area (TPSA) is 41.1 Å². The molecule has 0 spiro atoms. The summed E-state index contributed by atoms with van der Waals surface area (Å²) in [6.07, 6.45) is 0. The van der Waals surface area contributed by atoms with Crippen molar-refractivity contribution in [1.82, 2.24) is 5.32 Å². The molecule has 0 bridgehead atoms. The molecule has 1 atom stereocenters. The highest BCUT2D eigenvalue weighted by Crippen LogP contribution is 2.23. The van der Waals surface area contributed by atoms with Crippen LogP contribution in [0.2, 0.25) is 0 Å². The van der Waals surface area contributed by atoms with Gasteiger partial charge in [0.25, 0.3) is 0 Å². The average molecular weight is 300 g/mol. The number of carbonyl (C=O) groups is 1. The number of amides is 1. The van der Waals surface area contributed by atoms with Gasteiger partial charge in [-0.05, 0) is 18.2 Å². The van der Waals surface area contributed by atoms with Crippen LogP contribution in [0.4, 0.5) is 10.1 Å². The molecule has 3 nitrogen and oxygen atoms in total. The zero-order valence-electron chi connectivity index (χ0n) is 10.5. The third-order valence-corrected chi connectivity index (χ3v) is 5.50. The molecule has 104 valence electrons. The second-order valence-electron chi connectivity index (χ2n) is 4.26. The molecule has 6 heteroatoms. The summed E-state index contributed by atoms with van der Waals surface area (Å²) in [7, 11) is 0. The molecule has 1 amide bonds. The number of hydrogen-bond acceptors (Lipinski definition) is 4. The molecule has 0 aliphatic carbocycles. The Morgan fingerprint density at radius 1 is 1.42 bits per heavy atom. The lowest BCUT2D eigenvalue weighted by atomic mass is 10.3. The maximum atomic E-state index is 12.9. The summed E-state index contributed by atoms with van der Waals surface area (Å²) in [5.41, 5.74) is 0.495. The number of halogens is 1. The zero-order chi connectivity index (χ0) is 13.5. The van der Waals surface area contributed by atoms with E-state index in [9.17, 15) is 9.18 Å². The van der Waals surface area contributed by atoms with E-state index in [1.807, 2.05) is 23.5 Å². The lowest BCUT2D eigenvalue weighted by Crippen LogP contribution is -2.34. The first-order valence-corrected chi connectivity index (χ1v) is 8.40. The number of nitrogens with one attached hydrogen (secondary N) is 2. The Kier molecular flexibility index (Phi) is 6.00. The van der Waals surface area contributed by atoms with Crippen molar-refractivity contribution in [1.29, 1.82) is 0 Å². The number of benzene rings is 1. The monoisotopic (exact) mass is 300 g/mol. The number of hydrogen-bond donors (Lipinski definition) is 2. The van der Waals surface area contributed by atoms with E-state index in [2.05, 4.69) is 10.6 Å². The largest absolute Gasteiger partial charge is 0.325 e. The summed E-state index contributed by atoms with van der Waals surface area (Å²) in [6, 6.07) is 5.92. The third-order valence-electron chi connectivity index (χ3n) is 2.65. The van der Waals surface area contributed by atoms with Crippen molar-refractivity contribution in [3.05, 3.63) is 30.1 Å². The van der Waals surface area contributed by atoms with Gasteiger partial charge in [-0.2, -0.15) is 23.5 Å². The first kappa shape index (κ1) is 14.7. The van der Waals surface area contributed by atoms with Crippen LogP contribution in [0.3, 0.4) is 0 Å². The first-order chi connectivity index (χ1) is 9.24. The van der Waals surface area contributed by atoms with E-state index in [1.165, 1.54) is 23.6 Å². The molecule has 19 heavy (non-hydrogen) atoms. The first-order valence-electron chi connectivity index (χ1n) is 6.19. The van der Waals surface area contributed by atoms with Gasteiger partial charge in [0.1, 0.15) is 5.82 Å². The Hall–Kier alpha value is -0.720. The van der Waals surface area contributed by atoms with Crippen LogP contribution in [-0.4, -0.2) is 41.5 Å². The second-order valence-corrected chi connectivity index (χ2v) is 6.82. The molecule has 1 fully saturated rings. The highest BCUT2D eigenvalue weighted by Gasteiger charge is 2.14. The molecule has 1 heterocycles. The van der Waals surface area contributed by atoms with E-state index in [0.717, 1.165) is 12.3 Å². The van der Waals surface area contributed by atoms with Crippen molar-refractivity contribution in [2.45, 2.75) is 5.25 Å². The van der Waals surface area contributed by atoms with E-state index in [1.54, 1.807) is 12.1 Å². The quantitative estimate of drug-likeness (QED) is 0.875. The fourth-order valence-corrected chi connectivity index (χ4v) is 4.42. The van der Waals surface area contributed by atoms with Gasteiger partial charge >= 0.3 is 0 Å². The predicted octanol–water partition coefficient (Wildman–Crippen LogP) is 2.20. The molecule has 1 aliphatic rings. The molecule has 1 saturated heterocycles. The van der Waals surface area contributed by atoms with Crippen LogP contribution in [0.1, 0.15) is 0 Å². The molecule has 1 aromatic carbocycles. The highest BCUT2D eigenvalue weighted by atomic mass is 32.2. The molecule has 1 aliphatic heterocycles. The van der Waals surface area contributed by atoms with E-state index < -0.39 is 0 Å². The fourth-order valence-electron chi connectivity index (χ4n) is 1.77. The standard InChI is InChI=1S/C13H17FN2OS2/c14-10-2-1-3-11(6-10)16-13(17)8-15-7-12-9-18-4-5-19-12/h1-3,6,12,15H,4-5,7-9H2,(H,16,17). The minimum Gasteiger partial charge on any atom is -0.325 e. The third kappa shape index (κ3) is 5.42. The average Bonchev–Trinajstić information content (AvgIpc) is 2.40. The maximum absolute atomic E-state index is 12.9. The van der Waals surface area contributed by atoms with Gasteiger partial charge in [-0.25, -0.2) is 4.39 Å². The van der Waals surface area contributed by atoms with Gasteiger partial charge in [-0.3, -0.25) is 4.79 Å². The van der Waals surface area contributed by atoms with Gasteiger partial charge in [0.05, 0.1) is 6.54 Å². The Bertz CT molecular complexity index is 425. The highest BCUT2D eigenvalue weighted by molar-refractivity contribution is 8.06. The summed E-state index contributed by atoms with van der Waals surface area (Å²) in [6.45, 7) is 1.10. The summed E-state index contributed by atoms with van der Waals surface area (Å²) < 4.78 is 12.9. The smallest absolute Gasteiger partial charge is 0.238 e. The zero-order valence-corrected chi connectivity index (χ0v) is 12.2. The summed E-state index contributed by atoms with van der Waals surface area (Å²) in [5, 5.41) is 6.40. The minimum absolute atomic E-state index is 0.140. The van der Waals surface area contributed by atoms with Gasteiger partial charge in [0.15, 0.2) is 0 Å². The Morgan fingerprint density at radius 3 is 3.05 bits per heavy atom.